The largest absolute Gasteiger partial charge is 0.382 e. The minimum Gasteiger partial charge on any atom is -0.382 e. The summed E-state index contributed by atoms with van der Waals surface area (Å²) in [4.78, 5) is 19.0. The zero-order valence-corrected chi connectivity index (χ0v) is 16.1. The van der Waals surface area contributed by atoms with Gasteiger partial charge >= 0.3 is 0 Å². The van der Waals surface area contributed by atoms with Crippen LogP contribution in [-0.4, -0.2) is 30.6 Å². The Morgan fingerprint density at radius 2 is 1.92 bits per heavy atom. The van der Waals surface area contributed by atoms with E-state index in [1.54, 1.807) is 11.1 Å². The summed E-state index contributed by atoms with van der Waals surface area (Å²) in [5.41, 5.74) is 3.39. The van der Waals surface area contributed by atoms with E-state index >= 15 is 0 Å². The van der Waals surface area contributed by atoms with Crippen LogP contribution in [0.25, 0.3) is 0 Å². The molecule has 24 heavy (non-hydrogen) atoms. The molecule has 4 nitrogen and oxygen atoms in total. The molecule has 3 rings (SSSR count). The van der Waals surface area contributed by atoms with Gasteiger partial charge in [-0.1, -0.05) is 29.8 Å². The lowest BCUT2D eigenvalue weighted by Crippen LogP contribution is -2.15. The SMILES string of the molecule is CN(C)C=C1N=C(c2ccccc2Cl)c2cc(I)ccc2NC1=O. The normalized spacial score (nSPS) is 15.4. The molecule has 2 aromatic carbocycles. The summed E-state index contributed by atoms with van der Waals surface area (Å²) in [5, 5.41) is 3.53. The molecule has 0 saturated carbocycles. The number of aliphatic imine (C=N–C) groups is 1. The van der Waals surface area contributed by atoms with Gasteiger partial charge in [0.1, 0.15) is 5.70 Å². The molecule has 1 aliphatic rings. The lowest BCUT2D eigenvalue weighted by atomic mass is 10.0. The third-order valence-electron chi connectivity index (χ3n) is 3.46. The van der Waals surface area contributed by atoms with Crippen molar-refractivity contribution in [3.8, 4) is 0 Å². The Bertz CT molecular complexity index is 874. The maximum Gasteiger partial charge on any atom is 0.275 e. The number of fused-ring (bicyclic) bond motifs is 1. The molecule has 1 N–H and O–H groups in total. The van der Waals surface area contributed by atoms with Gasteiger partial charge in [-0.15, -0.1) is 0 Å². The Labute approximate surface area is 159 Å². The summed E-state index contributed by atoms with van der Waals surface area (Å²) < 4.78 is 1.06. The molecule has 1 amide bonds. The molecule has 6 heteroatoms. The summed E-state index contributed by atoms with van der Waals surface area (Å²) in [6.07, 6.45) is 1.70. The number of nitrogens with zero attached hydrogens (tertiary/aromatic N) is 2. The summed E-state index contributed by atoms with van der Waals surface area (Å²) in [6.45, 7) is 0. The monoisotopic (exact) mass is 451 g/mol. The van der Waals surface area contributed by atoms with Crippen LogP contribution in [0.1, 0.15) is 11.1 Å². The van der Waals surface area contributed by atoms with Crippen LogP contribution in [0.3, 0.4) is 0 Å². The fourth-order valence-corrected chi connectivity index (χ4v) is 3.15. The standard InChI is InChI=1S/C18H15ClIN3O/c1-23(2)10-16-18(24)22-15-8-7-11(20)9-13(15)17(21-16)12-5-3-4-6-14(12)19/h3-10H,1-2H3,(H,22,24). The Morgan fingerprint density at radius 1 is 1.17 bits per heavy atom. The minimum atomic E-state index is -0.242. The molecule has 0 fully saturated rings. The van der Waals surface area contributed by atoms with E-state index in [1.165, 1.54) is 0 Å². The van der Waals surface area contributed by atoms with Crippen molar-refractivity contribution in [1.82, 2.24) is 4.90 Å². The van der Waals surface area contributed by atoms with Crippen molar-refractivity contribution >= 4 is 51.5 Å². The number of hydrogen-bond acceptors (Lipinski definition) is 3. The summed E-state index contributed by atoms with van der Waals surface area (Å²) in [5.74, 6) is -0.242. The van der Waals surface area contributed by atoms with Crippen molar-refractivity contribution in [2.75, 3.05) is 19.4 Å². The Morgan fingerprint density at radius 3 is 2.62 bits per heavy atom. The van der Waals surface area contributed by atoms with E-state index < -0.39 is 0 Å². The van der Waals surface area contributed by atoms with E-state index in [0.717, 1.165) is 20.4 Å². The highest BCUT2D eigenvalue weighted by molar-refractivity contribution is 14.1. The van der Waals surface area contributed by atoms with Crippen LogP contribution in [0.5, 0.6) is 0 Å². The van der Waals surface area contributed by atoms with Gasteiger partial charge in [0.15, 0.2) is 0 Å². The van der Waals surface area contributed by atoms with Crippen molar-refractivity contribution in [2.45, 2.75) is 0 Å². The van der Waals surface area contributed by atoms with Crippen molar-refractivity contribution in [3.05, 3.63) is 74.1 Å². The Kier molecular flexibility index (Phi) is 4.91. The molecular weight excluding hydrogens is 437 g/mol. The van der Waals surface area contributed by atoms with Gasteiger partial charge in [0, 0.05) is 40.0 Å². The molecule has 0 unspecified atom stereocenters. The van der Waals surface area contributed by atoms with E-state index in [2.05, 4.69) is 32.9 Å². The topological polar surface area (TPSA) is 44.7 Å². The van der Waals surface area contributed by atoms with Crippen LogP contribution in [0.2, 0.25) is 5.02 Å². The second-order valence-corrected chi connectivity index (χ2v) is 7.22. The van der Waals surface area contributed by atoms with Crippen molar-refractivity contribution in [3.63, 3.8) is 0 Å². The number of nitrogens with one attached hydrogen (secondary N) is 1. The second kappa shape index (κ2) is 6.94. The Hall–Kier alpha value is -1.86. The Balaban J connectivity index is 2.29. The molecule has 0 spiro atoms. The van der Waals surface area contributed by atoms with Crippen LogP contribution < -0.4 is 5.32 Å². The highest BCUT2D eigenvalue weighted by atomic mass is 127. The number of carbonyl (C=O) groups is 1. The molecule has 2 aromatic rings. The zero-order chi connectivity index (χ0) is 17.3. The van der Waals surface area contributed by atoms with E-state index in [0.29, 0.717) is 16.4 Å². The van der Waals surface area contributed by atoms with Crippen molar-refractivity contribution in [2.24, 2.45) is 4.99 Å². The van der Waals surface area contributed by atoms with E-state index in [1.807, 2.05) is 56.6 Å². The number of hydrogen-bond donors (Lipinski definition) is 1. The van der Waals surface area contributed by atoms with E-state index in [4.69, 9.17) is 11.6 Å². The first-order valence-electron chi connectivity index (χ1n) is 7.29. The van der Waals surface area contributed by atoms with Gasteiger partial charge < -0.3 is 10.2 Å². The maximum absolute atomic E-state index is 12.5. The molecular formula is C18H15ClIN3O. The van der Waals surface area contributed by atoms with Crippen molar-refractivity contribution in [1.29, 1.82) is 0 Å². The van der Waals surface area contributed by atoms with Crippen LogP contribution >= 0.6 is 34.2 Å². The number of carbonyl (C=O) groups excluding carboxylic acids is 1. The predicted octanol–water partition coefficient (Wildman–Crippen LogP) is 4.14. The summed E-state index contributed by atoms with van der Waals surface area (Å²) in [7, 11) is 3.71. The van der Waals surface area contributed by atoms with Gasteiger partial charge in [-0.2, -0.15) is 0 Å². The minimum absolute atomic E-state index is 0.242. The maximum atomic E-state index is 12.5. The second-order valence-electron chi connectivity index (χ2n) is 5.56. The van der Waals surface area contributed by atoms with E-state index in [9.17, 15) is 4.79 Å². The van der Waals surface area contributed by atoms with Crippen LogP contribution in [-0.2, 0) is 4.79 Å². The average molecular weight is 452 g/mol. The first kappa shape index (κ1) is 17.0. The molecule has 0 radical (unpaired) electrons. The number of halogens is 2. The van der Waals surface area contributed by atoms with Gasteiger partial charge in [0.25, 0.3) is 5.91 Å². The van der Waals surface area contributed by atoms with Crippen LogP contribution in [0.4, 0.5) is 5.69 Å². The fourth-order valence-electron chi connectivity index (χ4n) is 2.43. The molecule has 0 atom stereocenters. The first-order chi connectivity index (χ1) is 11.5. The van der Waals surface area contributed by atoms with Gasteiger partial charge in [-0.3, -0.25) is 4.79 Å². The number of benzodiazepines with no additional fused rings is 1. The molecule has 1 aliphatic heterocycles. The zero-order valence-electron chi connectivity index (χ0n) is 13.2. The van der Waals surface area contributed by atoms with Gasteiger partial charge in [0.05, 0.1) is 11.4 Å². The fraction of sp³-hybridized carbons (Fsp3) is 0.111. The number of anilines is 1. The van der Waals surface area contributed by atoms with Gasteiger partial charge in [0.2, 0.25) is 0 Å². The van der Waals surface area contributed by atoms with E-state index in [-0.39, 0.29) is 5.91 Å². The summed E-state index contributed by atoms with van der Waals surface area (Å²) >= 11 is 8.63. The number of amides is 1. The quantitative estimate of drug-likeness (QED) is 0.551. The lowest BCUT2D eigenvalue weighted by molar-refractivity contribution is -0.112. The third-order valence-corrected chi connectivity index (χ3v) is 4.46. The van der Waals surface area contributed by atoms with Crippen LogP contribution in [0.15, 0.2) is 59.4 Å². The molecule has 1 heterocycles. The molecule has 0 saturated heterocycles. The highest BCUT2D eigenvalue weighted by Gasteiger charge is 2.23. The number of rotatable bonds is 2. The molecule has 0 aromatic heterocycles. The third kappa shape index (κ3) is 3.47. The smallest absolute Gasteiger partial charge is 0.275 e. The molecule has 122 valence electrons. The molecule has 0 bridgehead atoms. The highest BCUT2D eigenvalue weighted by Crippen LogP contribution is 2.29. The predicted molar refractivity (Wildman–Crippen MR) is 107 cm³/mol. The average Bonchev–Trinajstić information content (AvgIpc) is 2.65. The summed E-state index contributed by atoms with van der Waals surface area (Å²) in [6, 6.07) is 13.4. The van der Waals surface area contributed by atoms with Gasteiger partial charge in [-0.25, -0.2) is 4.99 Å². The lowest BCUT2D eigenvalue weighted by Gasteiger charge is -2.11. The van der Waals surface area contributed by atoms with Gasteiger partial charge in [-0.05, 0) is 46.9 Å². The van der Waals surface area contributed by atoms with Crippen LogP contribution in [0, 0.1) is 3.57 Å². The molecule has 0 aliphatic carbocycles. The first-order valence-corrected chi connectivity index (χ1v) is 8.74. The number of benzene rings is 2. The van der Waals surface area contributed by atoms with Crippen molar-refractivity contribution < 1.29 is 4.79 Å².